The van der Waals surface area contributed by atoms with Crippen LogP contribution in [-0.2, 0) is 14.3 Å². The van der Waals surface area contributed by atoms with E-state index >= 15 is 0 Å². The van der Waals surface area contributed by atoms with Crippen LogP contribution in [-0.4, -0.2) is 32.3 Å². The van der Waals surface area contributed by atoms with Crippen LogP contribution in [0.15, 0.2) is 54.6 Å². The lowest BCUT2D eigenvalue weighted by molar-refractivity contribution is -0.141. The predicted octanol–water partition coefficient (Wildman–Crippen LogP) is 3.26. The molecule has 26 heavy (non-hydrogen) atoms. The van der Waals surface area contributed by atoms with Crippen LogP contribution in [0.5, 0.6) is 17.2 Å². The van der Waals surface area contributed by atoms with E-state index in [2.05, 4.69) is 0 Å². The van der Waals surface area contributed by atoms with Gasteiger partial charge in [0.1, 0.15) is 19.0 Å². The largest absolute Gasteiger partial charge is 0.493 e. The fourth-order valence-electron chi connectivity index (χ4n) is 2.05. The van der Waals surface area contributed by atoms with E-state index in [1.54, 1.807) is 48.5 Å². The van der Waals surface area contributed by atoms with Crippen molar-refractivity contribution in [3.63, 3.8) is 0 Å². The second kappa shape index (κ2) is 9.88. The maximum absolute atomic E-state index is 11.8. The highest BCUT2D eigenvalue weighted by molar-refractivity contribution is 5.88. The number of carbonyl (C=O) groups is 2. The van der Waals surface area contributed by atoms with Gasteiger partial charge in [-0.3, -0.25) is 4.79 Å². The minimum Gasteiger partial charge on any atom is -0.493 e. The summed E-state index contributed by atoms with van der Waals surface area (Å²) in [5.74, 6) is 0.673. The number of esters is 2. The number of methoxy groups -OCH3 is 1. The number of benzene rings is 2. The van der Waals surface area contributed by atoms with Crippen LogP contribution < -0.4 is 14.2 Å². The first-order chi connectivity index (χ1) is 12.6. The van der Waals surface area contributed by atoms with E-state index < -0.39 is 5.97 Å². The molecule has 0 aliphatic carbocycles. The molecule has 0 aromatic heterocycles. The summed E-state index contributed by atoms with van der Waals surface area (Å²) in [6.07, 6.45) is 2.96. The van der Waals surface area contributed by atoms with Crippen molar-refractivity contribution in [1.29, 1.82) is 0 Å². The molecular formula is C20H20O6. The van der Waals surface area contributed by atoms with Crippen LogP contribution in [0.2, 0.25) is 0 Å². The van der Waals surface area contributed by atoms with Crippen LogP contribution in [0.25, 0.3) is 6.08 Å². The summed E-state index contributed by atoms with van der Waals surface area (Å²) in [4.78, 5) is 22.5. The van der Waals surface area contributed by atoms with Crippen molar-refractivity contribution in [3.05, 3.63) is 60.2 Å². The van der Waals surface area contributed by atoms with Crippen LogP contribution in [0.1, 0.15) is 12.5 Å². The molecule has 0 saturated carbocycles. The highest BCUT2D eigenvalue weighted by Gasteiger charge is 2.06. The van der Waals surface area contributed by atoms with E-state index in [9.17, 15) is 9.59 Å². The van der Waals surface area contributed by atoms with Gasteiger partial charge < -0.3 is 18.9 Å². The summed E-state index contributed by atoms with van der Waals surface area (Å²) in [5.41, 5.74) is 0.749. The summed E-state index contributed by atoms with van der Waals surface area (Å²) >= 11 is 0. The third-order valence-corrected chi connectivity index (χ3v) is 3.21. The monoisotopic (exact) mass is 356 g/mol. The van der Waals surface area contributed by atoms with Gasteiger partial charge in [0, 0.05) is 13.0 Å². The Balaban J connectivity index is 1.95. The third-order valence-electron chi connectivity index (χ3n) is 3.21. The number of ether oxygens (including phenoxy) is 4. The summed E-state index contributed by atoms with van der Waals surface area (Å²) in [6, 6.07) is 14.1. The second-order valence-corrected chi connectivity index (χ2v) is 5.17. The molecule has 2 aromatic rings. The van der Waals surface area contributed by atoms with Crippen LogP contribution in [0, 0.1) is 0 Å². The number of para-hydroxylation sites is 1. The van der Waals surface area contributed by atoms with E-state index in [4.69, 9.17) is 18.9 Å². The molecule has 0 spiro atoms. The first kappa shape index (κ1) is 19.1. The molecule has 136 valence electrons. The molecule has 2 rings (SSSR count). The topological polar surface area (TPSA) is 71.1 Å². The summed E-state index contributed by atoms with van der Waals surface area (Å²) in [5, 5.41) is 0. The highest BCUT2D eigenvalue weighted by Crippen LogP contribution is 2.28. The van der Waals surface area contributed by atoms with E-state index in [0.29, 0.717) is 17.2 Å². The number of carbonyl (C=O) groups excluding carboxylic acids is 2. The van der Waals surface area contributed by atoms with Crippen molar-refractivity contribution in [1.82, 2.24) is 0 Å². The van der Waals surface area contributed by atoms with Crippen molar-refractivity contribution in [2.45, 2.75) is 6.92 Å². The molecular weight excluding hydrogens is 336 g/mol. The molecule has 0 heterocycles. The Morgan fingerprint density at radius 3 is 2.46 bits per heavy atom. The molecule has 0 N–H and O–H groups in total. The van der Waals surface area contributed by atoms with Gasteiger partial charge in [-0.2, -0.15) is 0 Å². The molecule has 0 unspecified atom stereocenters. The van der Waals surface area contributed by atoms with Gasteiger partial charge in [0.2, 0.25) is 0 Å². The lowest BCUT2D eigenvalue weighted by Crippen LogP contribution is -2.10. The molecule has 0 fully saturated rings. The fourth-order valence-corrected chi connectivity index (χ4v) is 2.05. The molecule has 6 heteroatoms. The zero-order valence-electron chi connectivity index (χ0n) is 14.6. The van der Waals surface area contributed by atoms with Crippen LogP contribution in [0.3, 0.4) is 0 Å². The molecule has 0 amide bonds. The fraction of sp³-hybridized carbons (Fsp3) is 0.200. The van der Waals surface area contributed by atoms with E-state index in [1.807, 2.05) is 6.07 Å². The van der Waals surface area contributed by atoms with Gasteiger partial charge in [0.25, 0.3) is 0 Å². The lowest BCUT2D eigenvalue weighted by Gasteiger charge is -2.11. The second-order valence-electron chi connectivity index (χ2n) is 5.17. The smallest absolute Gasteiger partial charge is 0.336 e. The van der Waals surface area contributed by atoms with Gasteiger partial charge in [0.05, 0.1) is 7.11 Å². The van der Waals surface area contributed by atoms with Crippen LogP contribution >= 0.6 is 0 Å². The van der Waals surface area contributed by atoms with E-state index in [-0.39, 0.29) is 19.2 Å². The van der Waals surface area contributed by atoms with Crippen molar-refractivity contribution in [2.75, 3.05) is 20.3 Å². The third kappa shape index (κ3) is 6.32. The quantitative estimate of drug-likeness (QED) is 0.313. The Hall–Kier alpha value is -3.28. The number of rotatable bonds is 8. The van der Waals surface area contributed by atoms with E-state index in [0.717, 1.165) is 5.56 Å². The Bertz CT molecular complexity index is 767. The molecule has 0 atom stereocenters. The Morgan fingerprint density at radius 2 is 1.77 bits per heavy atom. The average Bonchev–Trinajstić information content (AvgIpc) is 2.64. The number of hydrogen-bond acceptors (Lipinski definition) is 6. The molecule has 0 radical (unpaired) electrons. The van der Waals surface area contributed by atoms with Crippen LogP contribution in [0.4, 0.5) is 0 Å². The SMILES string of the molecule is COc1cc(C=CC(=O)Oc2ccccc2)ccc1OCCOC(C)=O. The van der Waals surface area contributed by atoms with Gasteiger partial charge in [-0.1, -0.05) is 24.3 Å². The number of hydrogen-bond donors (Lipinski definition) is 0. The standard InChI is InChI=1S/C20H20O6/c1-15(21)24-12-13-25-18-10-8-16(14-19(18)23-2)9-11-20(22)26-17-6-4-3-5-7-17/h3-11,14H,12-13H2,1-2H3. The van der Waals surface area contributed by atoms with E-state index in [1.165, 1.54) is 20.1 Å². The van der Waals surface area contributed by atoms with Gasteiger partial charge in [0.15, 0.2) is 11.5 Å². The zero-order valence-corrected chi connectivity index (χ0v) is 14.6. The molecule has 0 bridgehead atoms. The van der Waals surface area contributed by atoms with Gasteiger partial charge in [-0.25, -0.2) is 4.79 Å². The minimum absolute atomic E-state index is 0.158. The molecule has 6 nitrogen and oxygen atoms in total. The molecule has 0 saturated heterocycles. The maximum atomic E-state index is 11.8. The first-order valence-electron chi connectivity index (χ1n) is 7.97. The van der Waals surface area contributed by atoms with Gasteiger partial charge >= 0.3 is 11.9 Å². The molecule has 2 aromatic carbocycles. The van der Waals surface area contributed by atoms with Crippen molar-refractivity contribution >= 4 is 18.0 Å². The maximum Gasteiger partial charge on any atom is 0.336 e. The summed E-state index contributed by atoms with van der Waals surface area (Å²) in [6.45, 7) is 1.71. The Kier molecular flexibility index (Phi) is 7.24. The lowest BCUT2D eigenvalue weighted by atomic mass is 10.2. The molecule has 0 aliphatic heterocycles. The van der Waals surface area contributed by atoms with Crippen molar-refractivity contribution < 1.29 is 28.5 Å². The zero-order chi connectivity index (χ0) is 18.8. The van der Waals surface area contributed by atoms with Crippen molar-refractivity contribution in [3.8, 4) is 17.2 Å². The normalized spacial score (nSPS) is 10.4. The Labute approximate surface area is 151 Å². The minimum atomic E-state index is -0.475. The average molecular weight is 356 g/mol. The molecule has 0 aliphatic rings. The Morgan fingerprint density at radius 1 is 1.00 bits per heavy atom. The highest BCUT2D eigenvalue weighted by atomic mass is 16.6. The predicted molar refractivity (Wildman–Crippen MR) is 96.2 cm³/mol. The first-order valence-corrected chi connectivity index (χ1v) is 7.97. The van der Waals surface area contributed by atoms with Gasteiger partial charge in [-0.05, 0) is 35.9 Å². The van der Waals surface area contributed by atoms with Gasteiger partial charge in [-0.15, -0.1) is 0 Å². The summed E-state index contributed by atoms with van der Waals surface area (Å²) < 4.78 is 20.8. The van der Waals surface area contributed by atoms with Crippen molar-refractivity contribution in [2.24, 2.45) is 0 Å². The summed E-state index contributed by atoms with van der Waals surface area (Å²) in [7, 11) is 1.52.